The quantitative estimate of drug-likeness (QED) is 0.143. The lowest BCUT2D eigenvalue weighted by molar-refractivity contribution is 0.0449. The van der Waals surface area contributed by atoms with Crippen LogP contribution in [0.2, 0.25) is 0 Å². The molecule has 0 aliphatic carbocycles. The van der Waals surface area contributed by atoms with Gasteiger partial charge in [-0.3, -0.25) is 48.4 Å². The summed E-state index contributed by atoms with van der Waals surface area (Å²) in [7, 11) is 0. The van der Waals surface area contributed by atoms with E-state index in [0.29, 0.717) is 58.4 Å². The van der Waals surface area contributed by atoms with Crippen molar-refractivity contribution in [1.82, 2.24) is 40.0 Å². The summed E-state index contributed by atoms with van der Waals surface area (Å²) in [5.41, 5.74) is 6.44. The molecule has 90 heavy (non-hydrogen) atoms. The highest BCUT2D eigenvalue weighted by Gasteiger charge is 2.32. The summed E-state index contributed by atoms with van der Waals surface area (Å²) in [6.45, 7) is 41.3. The molecule has 0 bridgehead atoms. The van der Waals surface area contributed by atoms with Gasteiger partial charge >= 0.3 is 0 Å². The zero-order valence-corrected chi connectivity index (χ0v) is 55.9. The van der Waals surface area contributed by atoms with Crippen LogP contribution in [-0.4, -0.2) is 202 Å². The van der Waals surface area contributed by atoms with Gasteiger partial charge in [0.25, 0.3) is 23.6 Å². The minimum Gasteiger partial charge on any atom is -0.349 e. The van der Waals surface area contributed by atoms with Gasteiger partial charge in [-0.05, 0) is 171 Å². The number of carbonyl (C=O) groups excluding carboxylic acids is 6. The molecule has 6 aliphatic heterocycles. The summed E-state index contributed by atoms with van der Waals surface area (Å²) in [6.07, 6.45) is 3.96. The Morgan fingerprint density at radius 1 is 0.356 bits per heavy atom. The highest BCUT2D eigenvalue weighted by atomic mass is 16.2. The third-order valence-corrected chi connectivity index (χ3v) is 17.4. The van der Waals surface area contributed by atoms with E-state index in [1.165, 1.54) is 13.8 Å². The minimum atomic E-state index is -0.0516. The largest absolute Gasteiger partial charge is 0.349 e. The van der Waals surface area contributed by atoms with E-state index in [4.69, 9.17) is 0 Å². The maximum Gasteiger partial charge on any atom is 0.253 e. The fraction of sp³-hybridized carbons (Fsp3) is 0.543. The second kappa shape index (κ2) is 31.0. The Morgan fingerprint density at radius 2 is 0.611 bits per heavy atom. The Kier molecular flexibility index (Phi) is 24.1. The molecule has 20 heteroatoms. The lowest BCUT2D eigenvalue weighted by atomic mass is 9.98. The molecule has 20 nitrogen and oxygen atoms in total. The molecule has 0 aromatic heterocycles. The van der Waals surface area contributed by atoms with E-state index in [1.54, 1.807) is 48.5 Å². The number of hydrogen-bond donors (Lipinski definition) is 2. The van der Waals surface area contributed by atoms with Crippen molar-refractivity contribution in [2.45, 2.75) is 157 Å². The van der Waals surface area contributed by atoms with Crippen LogP contribution in [0.4, 0.5) is 0 Å². The highest BCUT2D eigenvalue weighted by molar-refractivity contribution is 6.03. The van der Waals surface area contributed by atoms with E-state index in [-0.39, 0.29) is 69.4 Å². The normalized spacial score (nSPS) is 18.2. The molecule has 6 aliphatic rings. The fourth-order valence-corrected chi connectivity index (χ4v) is 11.4. The molecule has 2 N–H and O–H groups in total. The summed E-state index contributed by atoms with van der Waals surface area (Å²) >= 11 is 0. The first-order chi connectivity index (χ1) is 42.4. The molecule has 4 fully saturated rings. The van der Waals surface area contributed by atoms with Crippen molar-refractivity contribution in [3.63, 3.8) is 0 Å². The zero-order chi connectivity index (χ0) is 65.6. The number of amides is 4. The molecule has 6 heterocycles. The Morgan fingerprint density at radius 3 is 0.878 bits per heavy atom. The first-order valence-electron chi connectivity index (χ1n) is 31.9. The molecule has 4 saturated heterocycles. The molecule has 484 valence electrons. The topological polar surface area (TPSA) is 220 Å². The van der Waals surface area contributed by atoms with E-state index in [9.17, 15) is 28.8 Å². The zero-order valence-electron chi connectivity index (χ0n) is 55.9. The third-order valence-electron chi connectivity index (χ3n) is 17.4. The Bertz CT molecular complexity index is 3210. The first-order valence-corrected chi connectivity index (χ1v) is 31.9. The van der Waals surface area contributed by atoms with Gasteiger partial charge in [0, 0.05) is 157 Å². The van der Waals surface area contributed by atoms with Crippen molar-refractivity contribution < 1.29 is 28.8 Å². The third kappa shape index (κ3) is 20.2. The van der Waals surface area contributed by atoms with Crippen molar-refractivity contribution in [1.29, 1.82) is 0 Å². The van der Waals surface area contributed by atoms with E-state index in [0.717, 1.165) is 115 Å². The second-order valence-electron chi connectivity index (χ2n) is 27.9. The molecule has 10 rings (SSSR count). The lowest BCUT2D eigenvalue weighted by Gasteiger charge is -2.42. The summed E-state index contributed by atoms with van der Waals surface area (Å²) in [6, 6.07) is 29.2. The molecule has 0 spiro atoms. The molecule has 0 unspecified atom stereocenters. The number of benzene rings is 4. The van der Waals surface area contributed by atoms with E-state index >= 15 is 0 Å². The number of amidine groups is 2. The van der Waals surface area contributed by atoms with Gasteiger partial charge in [-0.25, -0.2) is 9.98 Å². The molecule has 4 amide bonds. The molecular formula is C70H98N14O6. The van der Waals surface area contributed by atoms with Crippen LogP contribution in [0.5, 0.6) is 0 Å². The van der Waals surface area contributed by atoms with Crippen molar-refractivity contribution in [3.8, 4) is 0 Å². The van der Waals surface area contributed by atoms with Gasteiger partial charge in [0.1, 0.15) is 0 Å². The molecule has 0 atom stereocenters. The Hall–Kier alpha value is -7.52. The van der Waals surface area contributed by atoms with E-state index < -0.39 is 0 Å². The van der Waals surface area contributed by atoms with Crippen LogP contribution in [-0.2, 0) is 0 Å². The average Bonchev–Trinajstić information content (AvgIpc) is 2.15. The smallest absolute Gasteiger partial charge is 0.253 e. The van der Waals surface area contributed by atoms with Gasteiger partial charge in [0.05, 0.1) is 0 Å². The number of hydrogen-bond acceptors (Lipinski definition) is 16. The number of Topliss-reactive ketones (excluding diaryl/α,β-unsaturated/α-hetero) is 2. The summed E-state index contributed by atoms with van der Waals surface area (Å²) in [4.78, 5) is 94.2. The predicted molar refractivity (Wildman–Crippen MR) is 356 cm³/mol. The van der Waals surface area contributed by atoms with Crippen LogP contribution >= 0.6 is 0 Å². The number of ketones is 2. The van der Waals surface area contributed by atoms with Crippen molar-refractivity contribution in [2.75, 3.05) is 91.9 Å². The second-order valence-corrected chi connectivity index (χ2v) is 27.9. The van der Waals surface area contributed by atoms with Gasteiger partial charge in [0.15, 0.2) is 36.6 Å². The Labute approximate surface area is 534 Å². The molecule has 0 saturated carbocycles. The van der Waals surface area contributed by atoms with Crippen LogP contribution in [0.1, 0.15) is 196 Å². The van der Waals surface area contributed by atoms with Gasteiger partial charge < -0.3 is 20.4 Å². The summed E-state index contributed by atoms with van der Waals surface area (Å²) in [5, 5.41) is 21.9. The standard InChI is InChI=1S/C18H25N5O.C18H26N2O2.C17H23N5O.C17H24N2O2/c1-18(2,3)23-10-8-15(9-11-23)21-17(24)14-6-4-13(5-7-14)16-19-12-20-22-16;1-13(21)14-5-7-15(8-6-14)17(22)19-16-9-11-20(12-10-16)18(2,3)4;1-17(2,3)22-10-8-21(9-11-22)16(23)14-6-4-13(5-7-14)15-18-12-19-20-15;1-13(20)14-5-7-15(8-6-14)16(21)18-9-11-19(12-10-18)17(2,3)4/h4-7,15H,8-12H2,1-3H3,(H,21,24);5-8,16H,9-12H2,1-4H3,(H,19,22);4-7H,8-12H2,1-3H3;5-8H,9-12H2,1-4H3. The van der Waals surface area contributed by atoms with Gasteiger partial charge in [-0.15, -0.1) is 10.2 Å². The predicted octanol–water partition coefficient (Wildman–Crippen LogP) is 10.6. The molecule has 4 aromatic rings. The van der Waals surface area contributed by atoms with E-state index in [2.05, 4.69) is 144 Å². The van der Waals surface area contributed by atoms with Crippen LogP contribution in [0, 0.1) is 0 Å². The maximum atomic E-state index is 12.6. The number of likely N-dealkylation sites (tertiary alicyclic amines) is 2. The SMILES string of the molecule is CC(=O)c1ccc(C(=O)N2CCN(C(C)(C)C)CC2)cc1.CC(=O)c1ccc(C(=O)NC2CCN(C(C)(C)C)CC2)cc1.CC(C)(C)N1CCC(NC(=O)c2ccc(C3=NCN=N3)cc2)CC1.CC(C)(C)N1CCN(C(=O)c2ccc(C3=NCN=N3)cc2)CC1. The molecule has 0 radical (unpaired) electrons. The van der Waals surface area contributed by atoms with Crippen LogP contribution in [0.3, 0.4) is 0 Å². The van der Waals surface area contributed by atoms with Crippen molar-refractivity contribution in [3.05, 3.63) is 142 Å². The number of aliphatic imine (C=N–C) groups is 2. The summed E-state index contributed by atoms with van der Waals surface area (Å²) in [5.74, 6) is 1.41. The lowest BCUT2D eigenvalue weighted by Crippen LogP contribution is -2.54. The first kappa shape index (κ1) is 69.9. The average molecular weight is 1230 g/mol. The number of rotatable bonds is 10. The Balaban J connectivity index is 0.000000171. The number of piperidine rings is 2. The van der Waals surface area contributed by atoms with Crippen LogP contribution in [0.15, 0.2) is 128 Å². The minimum absolute atomic E-state index is 0.00857. The number of nitrogens with one attached hydrogen (secondary N) is 2. The maximum absolute atomic E-state index is 12.6. The van der Waals surface area contributed by atoms with Gasteiger partial charge in [-0.1, -0.05) is 48.5 Å². The number of azo groups is 2. The highest BCUT2D eigenvalue weighted by Crippen LogP contribution is 2.24. The fourth-order valence-electron chi connectivity index (χ4n) is 11.4. The van der Waals surface area contributed by atoms with Crippen LogP contribution in [0.25, 0.3) is 0 Å². The van der Waals surface area contributed by atoms with Crippen LogP contribution < -0.4 is 10.6 Å². The summed E-state index contributed by atoms with van der Waals surface area (Å²) < 4.78 is 0. The molecule has 4 aromatic carbocycles. The van der Waals surface area contributed by atoms with Gasteiger partial charge in [0.2, 0.25) is 0 Å². The van der Waals surface area contributed by atoms with Crippen molar-refractivity contribution >= 4 is 46.9 Å². The van der Waals surface area contributed by atoms with Crippen molar-refractivity contribution in [2.24, 2.45) is 30.4 Å². The molecular weight excluding hydrogens is 1130 g/mol. The number of nitrogens with zero attached hydrogens (tertiary/aromatic N) is 12. The number of carbonyl (C=O) groups is 6. The van der Waals surface area contributed by atoms with Gasteiger partial charge in [-0.2, -0.15) is 10.2 Å². The van der Waals surface area contributed by atoms with E-state index in [1.807, 2.05) is 58.3 Å². The number of piperazine rings is 2. The monoisotopic (exact) mass is 1230 g/mol.